The smallest absolute Gasteiger partial charge is 0.270 e. The molecular weight excluding hydrogens is 268 g/mol. The number of halogens is 1. The van der Waals surface area contributed by atoms with E-state index in [9.17, 15) is 15.2 Å². The minimum Gasteiger partial charge on any atom is -0.508 e. The van der Waals surface area contributed by atoms with Crippen LogP contribution in [0, 0.1) is 10.1 Å². The lowest BCUT2D eigenvalue weighted by molar-refractivity contribution is -0.384. The molecule has 0 aliphatic rings. The van der Waals surface area contributed by atoms with Crippen molar-refractivity contribution in [1.29, 1.82) is 0 Å². The van der Waals surface area contributed by atoms with Crippen LogP contribution in [0.1, 0.15) is 5.56 Å². The molecule has 0 atom stereocenters. The summed E-state index contributed by atoms with van der Waals surface area (Å²) in [5.41, 5.74) is 1.17. The number of nitrogens with zero attached hydrogens (tertiary/aromatic N) is 1. The molecule has 19 heavy (non-hydrogen) atoms. The highest BCUT2D eigenvalue weighted by molar-refractivity contribution is 6.30. The number of phenolic OH excluding ortho intramolecular Hbond substituents is 1. The number of benzene rings is 2. The first-order valence-corrected chi connectivity index (χ1v) is 5.90. The van der Waals surface area contributed by atoms with E-state index in [0.29, 0.717) is 10.6 Å². The first kappa shape index (κ1) is 13.2. The van der Waals surface area contributed by atoms with Crippen LogP contribution in [-0.2, 0) is 6.54 Å². The van der Waals surface area contributed by atoms with Gasteiger partial charge < -0.3 is 10.4 Å². The van der Waals surface area contributed by atoms with Gasteiger partial charge in [0.05, 0.1) is 4.92 Å². The molecule has 98 valence electrons. The molecule has 0 bridgehead atoms. The van der Waals surface area contributed by atoms with Gasteiger partial charge in [0.25, 0.3) is 5.69 Å². The molecule has 0 spiro atoms. The third kappa shape index (κ3) is 3.35. The van der Waals surface area contributed by atoms with Crippen LogP contribution in [0.25, 0.3) is 0 Å². The van der Waals surface area contributed by atoms with E-state index in [1.807, 2.05) is 6.07 Å². The Kier molecular flexibility index (Phi) is 3.87. The summed E-state index contributed by atoms with van der Waals surface area (Å²) in [5, 5.41) is 24.0. The third-order valence-electron chi connectivity index (χ3n) is 2.58. The molecule has 0 aliphatic heterocycles. The maximum atomic E-state index is 10.7. The Labute approximate surface area is 114 Å². The Morgan fingerprint density at radius 3 is 2.74 bits per heavy atom. The summed E-state index contributed by atoms with van der Waals surface area (Å²) in [4.78, 5) is 10.2. The second-order valence-corrected chi connectivity index (χ2v) is 4.37. The first-order valence-electron chi connectivity index (χ1n) is 5.52. The highest BCUT2D eigenvalue weighted by Crippen LogP contribution is 2.24. The summed E-state index contributed by atoms with van der Waals surface area (Å²) >= 11 is 5.85. The topological polar surface area (TPSA) is 75.4 Å². The monoisotopic (exact) mass is 278 g/mol. The van der Waals surface area contributed by atoms with E-state index in [4.69, 9.17) is 11.6 Å². The molecule has 0 radical (unpaired) electrons. The maximum Gasteiger partial charge on any atom is 0.270 e. The van der Waals surface area contributed by atoms with Crippen molar-refractivity contribution in [2.45, 2.75) is 6.54 Å². The van der Waals surface area contributed by atoms with Gasteiger partial charge in [-0.3, -0.25) is 10.1 Å². The largest absolute Gasteiger partial charge is 0.508 e. The van der Waals surface area contributed by atoms with Gasteiger partial charge in [0.1, 0.15) is 5.75 Å². The SMILES string of the molecule is O=[N+]([O-])c1ccc(O)c(CNc2cccc(Cl)c2)c1. The average Bonchev–Trinajstić information content (AvgIpc) is 2.37. The maximum absolute atomic E-state index is 10.7. The van der Waals surface area contributed by atoms with E-state index < -0.39 is 4.92 Å². The minimum atomic E-state index is -0.498. The molecule has 2 aromatic carbocycles. The number of phenols is 1. The highest BCUT2D eigenvalue weighted by Gasteiger charge is 2.10. The highest BCUT2D eigenvalue weighted by atomic mass is 35.5. The van der Waals surface area contributed by atoms with Crippen LogP contribution >= 0.6 is 11.6 Å². The van der Waals surface area contributed by atoms with Gasteiger partial charge in [-0.25, -0.2) is 0 Å². The molecular formula is C13H11ClN2O3. The van der Waals surface area contributed by atoms with Gasteiger partial charge in [0.2, 0.25) is 0 Å². The molecule has 2 N–H and O–H groups in total. The van der Waals surface area contributed by atoms with E-state index >= 15 is 0 Å². The van der Waals surface area contributed by atoms with E-state index in [-0.39, 0.29) is 18.0 Å². The van der Waals surface area contributed by atoms with Crippen LogP contribution in [0.5, 0.6) is 5.75 Å². The van der Waals surface area contributed by atoms with Gasteiger partial charge in [-0.05, 0) is 24.3 Å². The molecule has 0 unspecified atom stereocenters. The molecule has 0 aliphatic carbocycles. The van der Waals surface area contributed by atoms with Gasteiger partial charge in [0, 0.05) is 35.0 Å². The Bertz CT molecular complexity index is 617. The molecule has 2 aromatic rings. The zero-order valence-electron chi connectivity index (χ0n) is 9.84. The second-order valence-electron chi connectivity index (χ2n) is 3.93. The number of aromatic hydroxyl groups is 1. The number of nitro benzene ring substituents is 1. The molecule has 0 fully saturated rings. The molecule has 0 saturated heterocycles. The van der Waals surface area contributed by atoms with E-state index in [1.165, 1.54) is 18.2 Å². The van der Waals surface area contributed by atoms with Crippen LogP contribution in [0.2, 0.25) is 5.02 Å². The Morgan fingerprint density at radius 1 is 1.26 bits per heavy atom. The average molecular weight is 279 g/mol. The van der Waals surface area contributed by atoms with Crippen molar-refractivity contribution in [2.75, 3.05) is 5.32 Å². The quantitative estimate of drug-likeness (QED) is 0.662. The Hall–Kier alpha value is -2.27. The van der Waals surface area contributed by atoms with Crippen LogP contribution < -0.4 is 5.32 Å². The lowest BCUT2D eigenvalue weighted by Gasteiger charge is -2.08. The third-order valence-corrected chi connectivity index (χ3v) is 2.82. The predicted molar refractivity (Wildman–Crippen MR) is 73.5 cm³/mol. The van der Waals surface area contributed by atoms with Gasteiger partial charge in [0.15, 0.2) is 0 Å². The number of nitro groups is 1. The van der Waals surface area contributed by atoms with E-state index in [0.717, 1.165) is 5.69 Å². The molecule has 2 rings (SSSR count). The molecule has 0 saturated carbocycles. The number of hydrogen-bond acceptors (Lipinski definition) is 4. The lowest BCUT2D eigenvalue weighted by Crippen LogP contribution is -2.00. The summed E-state index contributed by atoms with van der Waals surface area (Å²) in [5.74, 6) is 0.0140. The predicted octanol–water partition coefficient (Wildman–Crippen LogP) is 3.57. The fourth-order valence-corrected chi connectivity index (χ4v) is 1.81. The van der Waals surface area contributed by atoms with Gasteiger partial charge in [-0.2, -0.15) is 0 Å². The normalized spacial score (nSPS) is 10.2. The number of non-ortho nitro benzene ring substituents is 1. The van der Waals surface area contributed by atoms with Crippen molar-refractivity contribution >= 4 is 23.0 Å². The Morgan fingerprint density at radius 2 is 2.05 bits per heavy atom. The number of hydrogen-bond donors (Lipinski definition) is 2. The fourth-order valence-electron chi connectivity index (χ4n) is 1.62. The summed E-state index contributed by atoms with van der Waals surface area (Å²) in [7, 11) is 0. The van der Waals surface area contributed by atoms with Crippen LogP contribution in [0.15, 0.2) is 42.5 Å². The van der Waals surface area contributed by atoms with Crippen LogP contribution in [0.3, 0.4) is 0 Å². The van der Waals surface area contributed by atoms with Crippen molar-refractivity contribution in [2.24, 2.45) is 0 Å². The first-order chi connectivity index (χ1) is 9.06. The van der Waals surface area contributed by atoms with E-state index in [2.05, 4.69) is 5.32 Å². The minimum absolute atomic E-state index is 0.0140. The fraction of sp³-hybridized carbons (Fsp3) is 0.0769. The van der Waals surface area contributed by atoms with Crippen molar-refractivity contribution in [3.8, 4) is 5.75 Å². The van der Waals surface area contributed by atoms with Gasteiger partial charge >= 0.3 is 0 Å². The second kappa shape index (κ2) is 5.58. The Balaban J connectivity index is 2.15. The molecule has 6 heteroatoms. The van der Waals surface area contributed by atoms with Crippen LogP contribution in [0.4, 0.5) is 11.4 Å². The molecule has 0 heterocycles. The summed E-state index contributed by atoms with van der Waals surface area (Å²) in [6.07, 6.45) is 0. The van der Waals surface area contributed by atoms with Crippen molar-refractivity contribution < 1.29 is 10.0 Å². The number of nitrogens with one attached hydrogen (secondary N) is 1. The summed E-state index contributed by atoms with van der Waals surface area (Å²) < 4.78 is 0. The number of rotatable bonds is 4. The number of anilines is 1. The van der Waals surface area contributed by atoms with Gasteiger partial charge in [-0.1, -0.05) is 17.7 Å². The standard InChI is InChI=1S/C13H11ClN2O3/c14-10-2-1-3-11(7-10)15-8-9-6-12(16(18)19)4-5-13(9)17/h1-7,15,17H,8H2. The molecule has 0 aromatic heterocycles. The molecule has 0 amide bonds. The summed E-state index contributed by atoms with van der Waals surface area (Å²) in [6, 6.07) is 11.0. The summed E-state index contributed by atoms with van der Waals surface area (Å²) in [6.45, 7) is 0.272. The molecule has 5 nitrogen and oxygen atoms in total. The lowest BCUT2D eigenvalue weighted by atomic mass is 10.1. The van der Waals surface area contributed by atoms with Crippen molar-refractivity contribution in [3.63, 3.8) is 0 Å². The van der Waals surface area contributed by atoms with Gasteiger partial charge in [-0.15, -0.1) is 0 Å². The zero-order valence-corrected chi connectivity index (χ0v) is 10.6. The van der Waals surface area contributed by atoms with Crippen molar-refractivity contribution in [3.05, 3.63) is 63.2 Å². The van der Waals surface area contributed by atoms with Crippen molar-refractivity contribution in [1.82, 2.24) is 0 Å². The van der Waals surface area contributed by atoms with Crippen LogP contribution in [-0.4, -0.2) is 10.0 Å². The zero-order chi connectivity index (χ0) is 13.8. The van der Waals surface area contributed by atoms with E-state index in [1.54, 1.807) is 18.2 Å².